The van der Waals surface area contributed by atoms with E-state index in [0.717, 1.165) is 25.7 Å². The van der Waals surface area contributed by atoms with Gasteiger partial charge in [0.15, 0.2) is 0 Å². The first-order chi connectivity index (χ1) is 9.56. The summed E-state index contributed by atoms with van der Waals surface area (Å²) in [4.78, 5) is 4.73. The SMILES string of the molecule is O=S1(=O)NC(=NCC2(CO)CCCC2)c2ccccc21. The maximum absolute atomic E-state index is 12.0. The van der Waals surface area contributed by atoms with Gasteiger partial charge in [0.05, 0.1) is 11.5 Å². The van der Waals surface area contributed by atoms with E-state index < -0.39 is 10.0 Å². The fourth-order valence-corrected chi connectivity index (χ4v) is 4.24. The van der Waals surface area contributed by atoms with Gasteiger partial charge >= 0.3 is 0 Å². The lowest BCUT2D eigenvalue weighted by Crippen LogP contribution is -2.28. The molecule has 1 aliphatic heterocycles. The molecule has 0 atom stereocenters. The van der Waals surface area contributed by atoms with Crippen LogP contribution in [0.5, 0.6) is 0 Å². The van der Waals surface area contributed by atoms with Gasteiger partial charge in [0, 0.05) is 17.5 Å². The number of sulfonamides is 1. The van der Waals surface area contributed by atoms with Crippen LogP contribution in [0.2, 0.25) is 0 Å². The first kappa shape index (κ1) is 13.6. The summed E-state index contributed by atoms with van der Waals surface area (Å²) in [5, 5.41) is 9.58. The number of rotatable bonds is 3. The van der Waals surface area contributed by atoms with Crippen LogP contribution in [0.25, 0.3) is 0 Å². The van der Waals surface area contributed by atoms with Gasteiger partial charge in [-0.25, -0.2) is 8.42 Å². The molecular formula is C14H18N2O3S. The predicted octanol–water partition coefficient (Wildman–Crippen LogP) is 1.28. The van der Waals surface area contributed by atoms with E-state index in [9.17, 15) is 13.5 Å². The number of nitrogens with one attached hydrogen (secondary N) is 1. The third-order valence-electron chi connectivity index (χ3n) is 4.23. The highest BCUT2D eigenvalue weighted by Gasteiger charge is 2.35. The zero-order valence-electron chi connectivity index (χ0n) is 11.2. The number of aliphatic hydroxyl groups excluding tert-OH is 1. The highest BCUT2D eigenvalue weighted by Crippen LogP contribution is 2.38. The van der Waals surface area contributed by atoms with Crippen LogP contribution in [-0.2, 0) is 10.0 Å². The Morgan fingerprint density at radius 3 is 2.65 bits per heavy atom. The number of fused-ring (bicyclic) bond motifs is 1. The molecule has 1 heterocycles. The highest BCUT2D eigenvalue weighted by atomic mass is 32.2. The van der Waals surface area contributed by atoms with E-state index in [0.29, 0.717) is 17.9 Å². The zero-order valence-corrected chi connectivity index (χ0v) is 12.0. The average molecular weight is 294 g/mol. The van der Waals surface area contributed by atoms with Crippen LogP contribution >= 0.6 is 0 Å². The Morgan fingerprint density at radius 1 is 1.25 bits per heavy atom. The smallest absolute Gasteiger partial charge is 0.263 e. The van der Waals surface area contributed by atoms with E-state index >= 15 is 0 Å². The molecule has 1 aromatic rings. The Hall–Kier alpha value is -1.40. The van der Waals surface area contributed by atoms with E-state index in [1.807, 2.05) is 0 Å². The number of aliphatic hydroxyl groups is 1. The molecule has 6 heteroatoms. The second-order valence-corrected chi connectivity index (χ2v) is 7.28. The van der Waals surface area contributed by atoms with Gasteiger partial charge in [-0.05, 0) is 25.0 Å². The number of benzene rings is 1. The molecule has 0 radical (unpaired) electrons. The number of hydrogen-bond donors (Lipinski definition) is 2. The number of hydrogen-bond acceptors (Lipinski definition) is 4. The first-order valence-corrected chi connectivity index (χ1v) is 8.32. The molecule has 5 nitrogen and oxygen atoms in total. The van der Waals surface area contributed by atoms with E-state index in [1.165, 1.54) is 0 Å². The lowest BCUT2D eigenvalue weighted by molar-refractivity contribution is 0.139. The second-order valence-electron chi connectivity index (χ2n) is 5.63. The van der Waals surface area contributed by atoms with E-state index in [1.54, 1.807) is 24.3 Å². The fourth-order valence-electron chi connectivity index (χ4n) is 2.99. The van der Waals surface area contributed by atoms with Crippen LogP contribution in [-0.4, -0.2) is 32.5 Å². The molecule has 1 saturated carbocycles. The Balaban J connectivity index is 1.91. The topological polar surface area (TPSA) is 78.8 Å². The van der Waals surface area contributed by atoms with E-state index in [2.05, 4.69) is 9.71 Å². The van der Waals surface area contributed by atoms with Gasteiger partial charge in [-0.2, -0.15) is 0 Å². The van der Waals surface area contributed by atoms with Crippen molar-refractivity contribution in [3.05, 3.63) is 29.8 Å². The molecule has 1 aliphatic carbocycles. The molecule has 108 valence electrons. The molecule has 20 heavy (non-hydrogen) atoms. The molecule has 1 fully saturated rings. The zero-order chi connectivity index (χ0) is 14.2. The Kier molecular flexibility index (Phi) is 3.30. The monoisotopic (exact) mass is 294 g/mol. The van der Waals surface area contributed by atoms with Crippen molar-refractivity contribution in [1.29, 1.82) is 0 Å². The van der Waals surface area contributed by atoms with Crippen LogP contribution in [0.1, 0.15) is 31.2 Å². The quantitative estimate of drug-likeness (QED) is 0.881. The van der Waals surface area contributed by atoms with Crippen molar-refractivity contribution in [3.63, 3.8) is 0 Å². The van der Waals surface area contributed by atoms with Crippen molar-refractivity contribution in [2.45, 2.75) is 30.6 Å². The third kappa shape index (κ3) is 2.23. The van der Waals surface area contributed by atoms with Crippen molar-refractivity contribution >= 4 is 15.9 Å². The summed E-state index contributed by atoms with van der Waals surface area (Å²) in [7, 11) is -3.47. The first-order valence-electron chi connectivity index (χ1n) is 6.84. The standard InChI is InChI=1S/C14H18N2O3S/c17-10-14(7-3-4-8-14)9-15-13-11-5-1-2-6-12(11)20(18,19)16-13/h1-2,5-6,17H,3-4,7-10H2,(H,15,16). The van der Waals surface area contributed by atoms with Crippen LogP contribution in [0.15, 0.2) is 34.2 Å². The lowest BCUT2D eigenvalue weighted by atomic mass is 9.87. The Bertz CT molecular complexity index is 646. The Labute approximate surface area is 118 Å². The summed E-state index contributed by atoms with van der Waals surface area (Å²) in [5.74, 6) is 0.403. The summed E-state index contributed by atoms with van der Waals surface area (Å²) in [5.41, 5.74) is 0.453. The number of amidine groups is 1. The van der Waals surface area contributed by atoms with Crippen molar-refractivity contribution in [2.75, 3.05) is 13.2 Å². The molecular weight excluding hydrogens is 276 g/mol. The predicted molar refractivity (Wildman–Crippen MR) is 76.2 cm³/mol. The second kappa shape index (κ2) is 4.86. The minimum Gasteiger partial charge on any atom is -0.396 e. The largest absolute Gasteiger partial charge is 0.396 e. The highest BCUT2D eigenvalue weighted by molar-refractivity contribution is 7.90. The molecule has 0 saturated heterocycles. The average Bonchev–Trinajstić information content (AvgIpc) is 3.01. The van der Waals surface area contributed by atoms with Gasteiger partial charge in [-0.15, -0.1) is 0 Å². The summed E-state index contributed by atoms with van der Waals surface area (Å²) in [6, 6.07) is 6.84. The van der Waals surface area contributed by atoms with Crippen LogP contribution in [0.3, 0.4) is 0 Å². The molecule has 2 aliphatic rings. The van der Waals surface area contributed by atoms with Crippen LogP contribution < -0.4 is 4.72 Å². The van der Waals surface area contributed by atoms with Crippen molar-refractivity contribution in [2.24, 2.45) is 10.4 Å². The molecule has 3 rings (SSSR count). The van der Waals surface area contributed by atoms with Gasteiger partial charge in [0.1, 0.15) is 5.84 Å². The summed E-state index contributed by atoms with van der Waals surface area (Å²) in [6.07, 6.45) is 4.12. The molecule has 0 spiro atoms. The Morgan fingerprint density at radius 2 is 1.95 bits per heavy atom. The third-order valence-corrected chi connectivity index (χ3v) is 5.63. The molecule has 2 N–H and O–H groups in total. The molecule has 0 amide bonds. The molecule has 1 aromatic carbocycles. The minimum absolute atomic E-state index is 0.109. The van der Waals surface area contributed by atoms with E-state index in [-0.39, 0.29) is 16.9 Å². The minimum atomic E-state index is -3.47. The van der Waals surface area contributed by atoms with Gasteiger partial charge in [-0.3, -0.25) is 9.71 Å². The summed E-state index contributed by atoms with van der Waals surface area (Å²) in [6.45, 7) is 0.577. The molecule has 0 bridgehead atoms. The van der Waals surface area contributed by atoms with Crippen LogP contribution in [0, 0.1) is 5.41 Å². The number of nitrogens with zero attached hydrogens (tertiary/aromatic N) is 1. The molecule has 0 aromatic heterocycles. The van der Waals surface area contributed by atoms with Crippen molar-refractivity contribution in [3.8, 4) is 0 Å². The van der Waals surface area contributed by atoms with Gasteiger partial charge < -0.3 is 5.11 Å². The number of aliphatic imine (C=N–C) groups is 1. The van der Waals surface area contributed by atoms with Crippen molar-refractivity contribution < 1.29 is 13.5 Å². The molecule has 0 unspecified atom stereocenters. The van der Waals surface area contributed by atoms with Gasteiger partial charge in [-0.1, -0.05) is 25.0 Å². The van der Waals surface area contributed by atoms with Crippen molar-refractivity contribution in [1.82, 2.24) is 4.72 Å². The van der Waals surface area contributed by atoms with Gasteiger partial charge in [0.2, 0.25) is 0 Å². The summed E-state index contributed by atoms with van der Waals surface area (Å²) < 4.78 is 26.4. The maximum atomic E-state index is 12.0. The summed E-state index contributed by atoms with van der Waals surface area (Å²) >= 11 is 0. The maximum Gasteiger partial charge on any atom is 0.263 e. The van der Waals surface area contributed by atoms with Gasteiger partial charge in [0.25, 0.3) is 10.0 Å². The van der Waals surface area contributed by atoms with E-state index in [4.69, 9.17) is 0 Å². The lowest BCUT2D eigenvalue weighted by Gasteiger charge is -2.24. The normalized spacial score (nSPS) is 24.6. The van der Waals surface area contributed by atoms with Crippen LogP contribution in [0.4, 0.5) is 0 Å². The fraction of sp³-hybridized carbons (Fsp3) is 0.500.